The number of aromatic amines is 1. The number of benzene rings is 1. The quantitative estimate of drug-likeness (QED) is 0.734. The normalized spacial score (nSPS) is 10.0. The summed E-state index contributed by atoms with van der Waals surface area (Å²) in [5, 5.41) is 2.65. The summed E-state index contributed by atoms with van der Waals surface area (Å²) in [7, 11) is 2.98. The highest BCUT2D eigenvalue weighted by Gasteiger charge is 2.12. The molecule has 0 spiro atoms. The Labute approximate surface area is 120 Å². The van der Waals surface area contributed by atoms with Crippen LogP contribution >= 0.6 is 0 Å². The second-order valence-corrected chi connectivity index (χ2v) is 4.19. The maximum atomic E-state index is 12.1. The van der Waals surface area contributed by atoms with Crippen molar-refractivity contribution < 1.29 is 14.3 Å². The maximum absolute atomic E-state index is 12.1. The minimum absolute atomic E-state index is 0.280. The first-order valence-electron chi connectivity index (χ1n) is 6.06. The number of anilines is 2. The fourth-order valence-corrected chi connectivity index (χ4v) is 1.75. The van der Waals surface area contributed by atoms with Crippen LogP contribution in [0.1, 0.15) is 10.4 Å². The number of H-pyrrole nitrogens is 1. The van der Waals surface area contributed by atoms with Crippen LogP contribution in [0.3, 0.4) is 0 Å². The molecule has 0 atom stereocenters. The van der Waals surface area contributed by atoms with Gasteiger partial charge in [-0.3, -0.25) is 9.59 Å². The van der Waals surface area contributed by atoms with E-state index in [9.17, 15) is 9.59 Å². The van der Waals surface area contributed by atoms with Crippen LogP contribution in [0.2, 0.25) is 0 Å². The van der Waals surface area contributed by atoms with E-state index in [4.69, 9.17) is 15.2 Å². The molecule has 7 nitrogen and oxygen atoms in total. The lowest BCUT2D eigenvalue weighted by Gasteiger charge is -2.13. The van der Waals surface area contributed by atoms with Gasteiger partial charge in [-0.05, 0) is 6.07 Å². The number of hydrogen-bond donors (Lipinski definition) is 3. The lowest BCUT2D eigenvalue weighted by molar-refractivity contribution is 0.102. The van der Waals surface area contributed by atoms with Gasteiger partial charge in [-0.15, -0.1) is 0 Å². The third-order valence-electron chi connectivity index (χ3n) is 2.85. The Kier molecular flexibility index (Phi) is 4.13. The number of nitrogen functional groups attached to an aromatic ring is 1. The van der Waals surface area contributed by atoms with E-state index in [0.29, 0.717) is 28.4 Å². The van der Waals surface area contributed by atoms with E-state index >= 15 is 0 Å². The van der Waals surface area contributed by atoms with Crippen LogP contribution in [-0.4, -0.2) is 25.1 Å². The minimum Gasteiger partial charge on any atom is -0.493 e. The average Bonchev–Trinajstić information content (AvgIpc) is 2.49. The monoisotopic (exact) mass is 289 g/mol. The molecule has 2 rings (SSSR count). The SMILES string of the molecule is COc1cc(N)c(NC(=O)c2ccc(=O)[nH]c2)cc1OC. The molecule has 21 heavy (non-hydrogen) atoms. The van der Waals surface area contributed by atoms with Crippen LogP contribution in [0.25, 0.3) is 0 Å². The summed E-state index contributed by atoms with van der Waals surface area (Å²) in [6, 6.07) is 5.82. The number of pyridine rings is 1. The summed E-state index contributed by atoms with van der Waals surface area (Å²) >= 11 is 0. The molecule has 1 amide bonds. The molecule has 0 radical (unpaired) electrons. The van der Waals surface area contributed by atoms with E-state index in [1.54, 1.807) is 12.1 Å². The fraction of sp³-hybridized carbons (Fsp3) is 0.143. The summed E-state index contributed by atoms with van der Waals surface area (Å²) < 4.78 is 10.3. The number of nitrogens with two attached hydrogens (primary N) is 1. The van der Waals surface area contributed by atoms with Gasteiger partial charge in [-0.2, -0.15) is 0 Å². The number of rotatable bonds is 4. The summed E-state index contributed by atoms with van der Waals surface area (Å²) in [6.07, 6.45) is 1.33. The van der Waals surface area contributed by atoms with Gasteiger partial charge in [-0.25, -0.2) is 0 Å². The van der Waals surface area contributed by atoms with Gasteiger partial charge in [0.1, 0.15) is 0 Å². The van der Waals surface area contributed by atoms with Gasteiger partial charge in [0.15, 0.2) is 11.5 Å². The first kappa shape index (κ1) is 14.4. The van der Waals surface area contributed by atoms with Crippen LogP contribution in [0.15, 0.2) is 35.3 Å². The third-order valence-corrected chi connectivity index (χ3v) is 2.85. The first-order chi connectivity index (χ1) is 10.0. The molecule has 0 saturated heterocycles. The van der Waals surface area contributed by atoms with Crippen molar-refractivity contribution >= 4 is 17.3 Å². The highest BCUT2D eigenvalue weighted by molar-refractivity contribution is 6.05. The van der Waals surface area contributed by atoms with Gasteiger partial charge in [0.05, 0.1) is 31.2 Å². The van der Waals surface area contributed by atoms with Crippen molar-refractivity contribution in [2.75, 3.05) is 25.3 Å². The van der Waals surface area contributed by atoms with Gasteiger partial charge in [-0.1, -0.05) is 0 Å². The minimum atomic E-state index is -0.398. The zero-order chi connectivity index (χ0) is 15.4. The Hall–Kier alpha value is -2.96. The van der Waals surface area contributed by atoms with Crippen molar-refractivity contribution in [1.82, 2.24) is 4.98 Å². The molecule has 110 valence electrons. The van der Waals surface area contributed by atoms with Crippen molar-refractivity contribution in [3.05, 3.63) is 46.4 Å². The molecule has 4 N–H and O–H groups in total. The Bertz CT molecular complexity index is 704. The predicted molar refractivity (Wildman–Crippen MR) is 79.0 cm³/mol. The number of amides is 1. The van der Waals surface area contributed by atoms with Crippen LogP contribution in [-0.2, 0) is 0 Å². The molecule has 7 heteroatoms. The van der Waals surface area contributed by atoms with Crippen LogP contribution in [0.4, 0.5) is 11.4 Å². The van der Waals surface area contributed by atoms with Gasteiger partial charge in [0.25, 0.3) is 5.91 Å². The van der Waals surface area contributed by atoms with Crippen LogP contribution in [0.5, 0.6) is 11.5 Å². The fourth-order valence-electron chi connectivity index (χ4n) is 1.75. The lowest BCUT2D eigenvalue weighted by atomic mass is 10.2. The molecule has 1 heterocycles. The number of ether oxygens (including phenoxy) is 2. The lowest BCUT2D eigenvalue weighted by Crippen LogP contribution is -2.15. The molecule has 0 aliphatic carbocycles. The molecule has 0 bridgehead atoms. The number of hydrogen-bond acceptors (Lipinski definition) is 5. The third kappa shape index (κ3) is 3.14. The Morgan fingerprint density at radius 2 is 1.86 bits per heavy atom. The number of nitrogens with one attached hydrogen (secondary N) is 2. The van der Waals surface area contributed by atoms with Gasteiger partial charge >= 0.3 is 0 Å². The smallest absolute Gasteiger partial charge is 0.257 e. The maximum Gasteiger partial charge on any atom is 0.257 e. The molecular weight excluding hydrogens is 274 g/mol. The summed E-state index contributed by atoms with van der Waals surface area (Å²) in [5.74, 6) is 0.519. The molecule has 0 saturated carbocycles. The van der Waals surface area contributed by atoms with Crippen LogP contribution < -0.4 is 26.1 Å². The molecule has 0 unspecified atom stereocenters. The number of methoxy groups -OCH3 is 2. The van der Waals surface area contributed by atoms with Gasteiger partial charge in [0.2, 0.25) is 5.56 Å². The van der Waals surface area contributed by atoms with Crippen molar-refractivity contribution in [1.29, 1.82) is 0 Å². The highest BCUT2D eigenvalue weighted by atomic mass is 16.5. The number of aromatic nitrogens is 1. The van der Waals surface area contributed by atoms with Crippen molar-refractivity contribution in [3.63, 3.8) is 0 Å². The van der Waals surface area contributed by atoms with E-state index in [1.165, 1.54) is 32.5 Å². The zero-order valence-electron chi connectivity index (χ0n) is 11.6. The van der Waals surface area contributed by atoms with Crippen molar-refractivity contribution in [2.24, 2.45) is 0 Å². The molecule has 1 aromatic heterocycles. The van der Waals surface area contributed by atoms with Crippen molar-refractivity contribution in [2.45, 2.75) is 0 Å². The Morgan fingerprint density at radius 3 is 2.43 bits per heavy atom. The topological polar surface area (TPSA) is 106 Å². The van der Waals surface area contributed by atoms with Crippen LogP contribution in [0, 0.1) is 0 Å². The zero-order valence-corrected chi connectivity index (χ0v) is 11.6. The standard InChI is InChI=1S/C14H15N3O4/c1-20-11-5-9(15)10(6-12(11)21-2)17-14(19)8-3-4-13(18)16-7-8/h3-7H,15H2,1-2H3,(H,16,18)(H,17,19). The van der Waals surface area contributed by atoms with Gasteiger partial charge in [0, 0.05) is 24.4 Å². The van der Waals surface area contributed by atoms with E-state index in [2.05, 4.69) is 10.3 Å². The molecule has 0 fully saturated rings. The average molecular weight is 289 g/mol. The van der Waals surface area contributed by atoms with E-state index in [-0.39, 0.29) is 5.56 Å². The summed E-state index contributed by atoms with van der Waals surface area (Å²) in [6.45, 7) is 0. The molecule has 0 aliphatic heterocycles. The second-order valence-electron chi connectivity index (χ2n) is 4.19. The number of carbonyl (C=O) groups is 1. The highest BCUT2D eigenvalue weighted by Crippen LogP contribution is 2.34. The first-order valence-corrected chi connectivity index (χ1v) is 6.06. The molecule has 0 aliphatic rings. The van der Waals surface area contributed by atoms with E-state index in [0.717, 1.165) is 0 Å². The van der Waals surface area contributed by atoms with Crippen molar-refractivity contribution in [3.8, 4) is 11.5 Å². The second kappa shape index (κ2) is 6.00. The van der Waals surface area contributed by atoms with E-state index in [1.807, 2.05) is 0 Å². The number of carbonyl (C=O) groups excluding carboxylic acids is 1. The molecular formula is C14H15N3O4. The summed E-state index contributed by atoms with van der Waals surface area (Å²) in [4.78, 5) is 25.5. The summed E-state index contributed by atoms with van der Waals surface area (Å²) in [5.41, 5.74) is 6.62. The molecule has 1 aromatic carbocycles. The Morgan fingerprint density at radius 1 is 1.19 bits per heavy atom. The van der Waals surface area contributed by atoms with E-state index < -0.39 is 5.91 Å². The predicted octanol–water partition coefficient (Wildman–Crippen LogP) is 1.23. The largest absolute Gasteiger partial charge is 0.493 e. The van der Waals surface area contributed by atoms with Gasteiger partial charge < -0.3 is 25.5 Å². The Balaban J connectivity index is 2.28. The molecule has 2 aromatic rings.